The van der Waals surface area contributed by atoms with Crippen LogP contribution in [0.15, 0.2) is 78.9 Å². The number of rotatable bonds is 9. The van der Waals surface area contributed by atoms with Crippen molar-refractivity contribution in [2.24, 2.45) is 0 Å². The molecule has 3 aromatic rings. The Morgan fingerprint density at radius 3 is 2.06 bits per heavy atom. The fraction of sp³-hybridized carbons (Fsp3) is 0.269. The Bertz CT molecular complexity index is 1230. The molecular formula is C26H30FN3O3S. The number of hydrogen-bond donors (Lipinski definition) is 1. The molecule has 0 spiro atoms. The van der Waals surface area contributed by atoms with Gasteiger partial charge in [-0.3, -0.25) is 9.10 Å². The normalized spacial score (nSPS) is 11.9. The van der Waals surface area contributed by atoms with Gasteiger partial charge in [0.05, 0.1) is 12.2 Å². The van der Waals surface area contributed by atoms with Crippen LogP contribution in [0.25, 0.3) is 0 Å². The van der Waals surface area contributed by atoms with Gasteiger partial charge < -0.3 is 5.32 Å². The highest BCUT2D eigenvalue weighted by atomic mass is 32.2. The maximum absolute atomic E-state index is 14.4. The van der Waals surface area contributed by atoms with Gasteiger partial charge in [-0.05, 0) is 55.7 Å². The number of hydrogen-bond acceptors (Lipinski definition) is 3. The van der Waals surface area contributed by atoms with Crippen LogP contribution in [0.4, 0.5) is 10.1 Å². The minimum atomic E-state index is -3.95. The molecule has 1 N–H and O–H groups in total. The summed E-state index contributed by atoms with van der Waals surface area (Å²) >= 11 is 0. The number of halogens is 1. The van der Waals surface area contributed by atoms with E-state index in [9.17, 15) is 17.6 Å². The van der Waals surface area contributed by atoms with Crippen LogP contribution in [0, 0.1) is 5.82 Å². The molecule has 0 aromatic heterocycles. The molecule has 0 aliphatic rings. The number of nitrogens with one attached hydrogen (secondary N) is 1. The van der Waals surface area contributed by atoms with E-state index in [1.54, 1.807) is 30.3 Å². The predicted octanol–water partition coefficient (Wildman–Crippen LogP) is 4.39. The Morgan fingerprint density at radius 1 is 0.882 bits per heavy atom. The average Bonchev–Trinajstić information content (AvgIpc) is 2.78. The Balaban J connectivity index is 1.77. The van der Waals surface area contributed by atoms with Gasteiger partial charge in [-0.15, -0.1) is 0 Å². The van der Waals surface area contributed by atoms with Crippen LogP contribution in [0.2, 0.25) is 0 Å². The third-order valence-corrected chi connectivity index (χ3v) is 7.15. The van der Waals surface area contributed by atoms with Crippen molar-refractivity contribution in [3.05, 3.63) is 101 Å². The highest BCUT2D eigenvalue weighted by Crippen LogP contribution is 2.25. The quantitative estimate of drug-likeness (QED) is 0.491. The maximum atomic E-state index is 14.4. The molecule has 8 heteroatoms. The van der Waals surface area contributed by atoms with E-state index >= 15 is 0 Å². The summed E-state index contributed by atoms with van der Waals surface area (Å²) in [6.45, 7) is 3.85. The summed E-state index contributed by atoms with van der Waals surface area (Å²) in [6.07, 6.45) is 0.678. The summed E-state index contributed by atoms with van der Waals surface area (Å²) in [5.74, 6) is -0.857. The van der Waals surface area contributed by atoms with Crippen molar-refractivity contribution >= 4 is 21.8 Å². The third-order valence-electron chi connectivity index (χ3n) is 5.34. The van der Waals surface area contributed by atoms with Crippen molar-refractivity contribution in [3.63, 3.8) is 0 Å². The lowest BCUT2D eigenvalue weighted by Gasteiger charge is -2.28. The molecule has 0 aliphatic carbocycles. The van der Waals surface area contributed by atoms with Crippen molar-refractivity contribution in [2.45, 2.75) is 32.4 Å². The average molecular weight is 484 g/mol. The molecule has 0 saturated carbocycles. The maximum Gasteiger partial charge on any atom is 0.303 e. The topological polar surface area (TPSA) is 69.7 Å². The molecule has 0 bridgehead atoms. The zero-order chi connectivity index (χ0) is 24.9. The second-order valence-electron chi connectivity index (χ2n) is 8.95. The summed E-state index contributed by atoms with van der Waals surface area (Å²) in [5, 5.41) is 3.05. The summed E-state index contributed by atoms with van der Waals surface area (Å²) in [6, 6.07) is 22.3. The predicted molar refractivity (Wildman–Crippen MR) is 133 cm³/mol. The van der Waals surface area contributed by atoms with E-state index < -0.39 is 21.6 Å². The zero-order valence-electron chi connectivity index (χ0n) is 19.8. The molecule has 3 aromatic carbocycles. The Hall–Kier alpha value is -3.23. The van der Waals surface area contributed by atoms with Gasteiger partial charge in [-0.2, -0.15) is 12.7 Å². The molecule has 0 fully saturated rings. The first-order valence-electron chi connectivity index (χ1n) is 10.9. The molecule has 3 rings (SSSR count). The highest BCUT2D eigenvalue weighted by Gasteiger charge is 2.27. The fourth-order valence-corrected chi connectivity index (χ4v) is 4.70. The van der Waals surface area contributed by atoms with Gasteiger partial charge in [0, 0.05) is 25.2 Å². The lowest BCUT2D eigenvalue weighted by atomic mass is 9.94. The molecular weight excluding hydrogens is 453 g/mol. The van der Waals surface area contributed by atoms with Crippen LogP contribution in [-0.4, -0.2) is 38.3 Å². The molecule has 180 valence electrons. The van der Waals surface area contributed by atoms with Crippen LogP contribution in [-0.2, 0) is 23.2 Å². The van der Waals surface area contributed by atoms with Gasteiger partial charge in [0.2, 0.25) is 0 Å². The summed E-state index contributed by atoms with van der Waals surface area (Å²) in [7, 11) is -1.15. The number of anilines is 1. The van der Waals surface area contributed by atoms with Crippen LogP contribution < -0.4 is 9.62 Å². The highest BCUT2D eigenvalue weighted by molar-refractivity contribution is 7.90. The van der Waals surface area contributed by atoms with Crippen LogP contribution >= 0.6 is 0 Å². The molecule has 0 heterocycles. The van der Waals surface area contributed by atoms with Crippen LogP contribution in [0.1, 0.15) is 35.3 Å². The molecule has 1 amide bonds. The standard InChI is InChI=1S/C26H30FN3O3S/c1-26(2,18-20-10-6-5-7-11-20)28-25(31)22-16-14-21(15-17-22)19-30(34(32,33)29(3)4)24-13-9-8-12-23(24)27/h5-17H,18-19H2,1-4H3,(H,28,31). The number of carbonyl (C=O) groups is 1. The summed E-state index contributed by atoms with van der Waals surface area (Å²) < 4.78 is 42.3. The van der Waals surface area contributed by atoms with Crippen LogP contribution in [0.5, 0.6) is 0 Å². The number of nitrogens with zero attached hydrogens (tertiary/aromatic N) is 2. The van der Waals surface area contributed by atoms with Gasteiger partial charge in [0.25, 0.3) is 5.91 Å². The summed E-state index contributed by atoms with van der Waals surface area (Å²) in [5.41, 5.74) is 1.70. The molecule has 34 heavy (non-hydrogen) atoms. The van der Waals surface area contributed by atoms with E-state index in [1.807, 2.05) is 44.2 Å². The Kier molecular flexibility index (Phi) is 7.74. The monoisotopic (exact) mass is 483 g/mol. The largest absolute Gasteiger partial charge is 0.347 e. The van der Waals surface area contributed by atoms with Gasteiger partial charge in [-0.25, -0.2) is 4.39 Å². The first-order chi connectivity index (χ1) is 16.0. The second kappa shape index (κ2) is 10.4. The van der Waals surface area contributed by atoms with E-state index in [1.165, 1.54) is 32.3 Å². The smallest absolute Gasteiger partial charge is 0.303 e. The number of carbonyl (C=O) groups excluding carboxylic acids is 1. The molecule has 0 saturated heterocycles. The van der Waals surface area contributed by atoms with Gasteiger partial charge in [0.1, 0.15) is 5.82 Å². The zero-order valence-corrected chi connectivity index (χ0v) is 20.6. The Morgan fingerprint density at radius 2 is 1.47 bits per heavy atom. The molecule has 0 radical (unpaired) electrons. The minimum absolute atomic E-state index is 0.0410. The molecule has 0 unspecified atom stereocenters. The lowest BCUT2D eigenvalue weighted by Crippen LogP contribution is -2.45. The van der Waals surface area contributed by atoms with E-state index in [0.29, 0.717) is 17.5 Å². The van der Waals surface area contributed by atoms with Crippen molar-refractivity contribution in [2.75, 3.05) is 18.4 Å². The van der Waals surface area contributed by atoms with Crippen molar-refractivity contribution in [1.29, 1.82) is 0 Å². The van der Waals surface area contributed by atoms with Crippen molar-refractivity contribution in [3.8, 4) is 0 Å². The molecule has 0 atom stereocenters. The number of para-hydroxylation sites is 1. The van der Waals surface area contributed by atoms with Crippen molar-refractivity contribution < 1.29 is 17.6 Å². The van der Waals surface area contributed by atoms with E-state index in [-0.39, 0.29) is 18.1 Å². The SMILES string of the molecule is CN(C)S(=O)(=O)N(Cc1ccc(C(=O)NC(C)(C)Cc2ccccc2)cc1)c1ccccc1F. The first-order valence-corrected chi connectivity index (χ1v) is 12.3. The van der Waals surface area contributed by atoms with Gasteiger partial charge in [-0.1, -0.05) is 54.6 Å². The lowest BCUT2D eigenvalue weighted by molar-refractivity contribution is 0.0913. The van der Waals surface area contributed by atoms with E-state index in [0.717, 1.165) is 14.2 Å². The second-order valence-corrected chi connectivity index (χ2v) is 11.0. The molecule has 0 aliphatic heterocycles. The number of benzene rings is 3. The summed E-state index contributed by atoms with van der Waals surface area (Å²) in [4.78, 5) is 12.8. The number of amides is 1. The Labute approximate surface area is 201 Å². The van der Waals surface area contributed by atoms with Gasteiger partial charge in [0.15, 0.2) is 0 Å². The fourth-order valence-electron chi connectivity index (χ4n) is 3.60. The van der Waals surface area contributed by atoms with E-state index in [2.05, 4.69) is 5.32 Å². The molecule has 6 nitrogen and oxygen atoms in total. The van der Waals surface area contributed by atoms with E-state index in [4.69, 9.17) is 0 Å². The first kappa shape index (κ1) is 25.4. The minimum Gasteiger partial charge on any atom is -0.347 e. The third kappa shape index (κ3) is 6.21. The van der Waals surface area contributed by atoms with Crippen molar-refractivity contribution in [1.82, 2.24) is 9.62 Å². The van der Waals surface area contributed by atoms with Crippen LogP contribution in [0.3, 0.4) is 0 Å². The van der Waals surface area contributed by atoms with Gasteiger partial charge >= 0.3 is 10.2 Å².